The van der Waals surface area contributed by atoms with Gasteiger partial charge in [-0.25, -0.2) is 17.9 Å². The lowest BCUT2D eigenvalue weighted by Gasteiger charge is -2.18. The van der Waals surface area contributed by atoms with Gasteiger partial charge in [0.1, 0.15) is 0 Å². The van der Waals surface area contributed by atoms with Crippen LogP contribution in [0.25, 0.3) is 0 Å². The number of carboxylic acids is 1. The Bertz CT molecular complexity index is 725. The van der Waals surface area contributed by atoms with Crippen molar-refractivity contribution < 1.29 is 28.2 Å². The van der Waals surface area contributed by atoms with Crippen molar-refractivity contribution in [3.8, 4) is 0 Å². The van der Waals surface area contributed by atoms with Gasteiger partial charge >= 0.3 is 5.97 Å². The molecule has 1 aliphatic rings. The Balaban J connectivity index is 2.10. The Morgan fingerprint density at radius 2 is 2.00 bits per heavy atom. The van der Waals surface area contributed by atoms with E-state index in [4.69, 9.17) is 5.11 Å². The van der Waals surface area contributed by atoms with Gasteiger partial charge in [-0.3, -0.25) is 4.79 Å². The summed E-state index contributed by atoms with van der Waals surface area (Å²) >= 11 is 0. The summed E-state index contributed by atoms with van der Waals surface area (Å²) in [4.78, 5) is 22.7. The van der Waals surface area contributed by atoms with Crippen LogP contribution in [0.4, 0.5) is 0 Å². The number of carbonyl (C=O) groups is 2. The molecule has 1 amide bonds. The maximum absolute atomic E-state index is 12.1. The zero-order valence-electron chi connectivity index (χ0n) is 12.4. The van der Waals surface area contributed by atoms with E-state index < -0.39 is 34.0 Å². The van der Waals surface area contributed by atoms with Gasteiger partial charge in [-0.2, -0.15) is 0 Å². The Morgan fingerprint density at radius 1 is 1.35 bits per heavy atom. The van der Waals surface area contributed by atoms with E-state index in [0.717, 1.165) is 19.8 Å². The highest BCUT2D eigenvalue weighted by Gasteiger charge is 2.31. The molecular weight excluding hydrogens is 324 g/mol. The smallest absolute Gasteiger partial charge is 0.337 e. The number of hydrogen-bond acceptors (Lipinski definition) is 5. The second-order valence-corrected chi connectivity index (χ2v) is 7.40. The first kappa shape index (κ1) is 17.4. The minimum atomic E-state index is -3.68. The first-order valence-electron chi connectivity index (χ1n) is 6.98. The summed E-state index contributed by atoms with van der Waals surface area (Å²) in [6, 6.07) is 5.35. The molecule has 4 N–H and O–H groups in total. The molecule has 0 radical (unpaired) electrons. The molecule has 0 heterocycles. The predicted octanol–water partition coefficient (Wildman–Crippen LogP) is -0.307. The molecule has 1 unspecified atom stereocenters. The Hall–Kier alpha value is -1.97. The van der Waals surface area contributed by atoms with Crippen LogP contribution in [-0.2, 0) is 14.8 Å². The van der Waals surface area contributed by atoms with E-state index in [1.807, 2.05) is 0 Å². The number of amides is 1. The van der Waals surface area contributed by atoms with Crippen LogP contribution in [0.2, 0.25) is 0 Å². The number of aliphatic carboxylic acids is 1. The number of hydrogen-bond donors (Lipinski definition) is 4. The van der Waals surface area contributed by atoms with Crippen LogP contribution in [0.3, 0.4) is 0 Å². The summed E-state index contributed by atoms with van der Waals surface area (Å²) in [6.07, 6.45) is 1.59. The molecule has 1 aromatic carbocycles. The average Bonchev–Trinajstić information content (AvgIpc) is 3.28. The molecule has 0 bridgehead atoms. The minimum absolute atomic E-state index is 0.0398. The van der Waals surface area contributed by atoms with Gasteiger partial charge in [-0.05, 0) is 38.0 Å². The molecule has 8 nitrogen and oxygen atoms in total. The summed E-state index contributed by atoms with van der Waals surface area (Å²) in [5, 5.41) is 20.6. The maximum Gasteiger partial charge on any atom is 0.337 e. The summed E-state index contributed by atoms with van der Waals surface area (Å²) in [7, 11) is -3.68. The van der Waals surface area contributed by atoms with Crippen LogP contribution in [0.15, 0.2) is 29.2 Å². The Morgan fingerprint density at radius 3 is 2.57 bits per heavy atom. The fourth-order valence-electron chi connectivity index (χ4n) is 1.72. The lowest BCUT2D eigenvalue weighted by molar-refractivity contribution is -0.155. The average molecular weight is 342 g/mol. The van der Waals surface area contributed by atoms with Gasteiger partial charge < -0.3 is 15.5 Å². The Labute approximate surface area is 133 Å². The zero-order valence-corrected chi connectivity index (χ0v) is 13.3. The van der Waals surface area contributed by atoms with Crippen molar-refractivity contribution in [3.05, 3.63) is 29.8 Å². The van der Waals surface area contributed by atoms with E-state index in [1.54, 1.807) is 0 Å². The third-order valence-electron chi connectivity index (χ3n) is 3.36. The largest absolute Gasteiger partial charge is 0.479 e. The van der Waals surface area contributed by atoms with Crippen LogP contribution in [0, 0.1) is 0 Å². The van der Waals surface area contributed by atoms with E-state index in [9.17, 15) is 23.1 Å². The van der Waals surface area contributed by atoms with Crippen molar-refractivity contribution in [1.29, 1.82) is 0 Å². The molecule has 23 heavy (non-hydrogen) atoms. The summed E-state index contributed by atoms with van der Waals surface area (Å²) < 4.78 is 26.7. The topological polar surface area (TPSA) is 133 Å². The predicted molar refractivity (Wildman–Crippen MR) is 80.4 cm³/mol. The quantitative estimate of drug-likeness (QED) is 0.537. The molecule has 0 spiro atoms. The van der Waals surface area contributed by atoms with Crippen LogP contribution < -0.4 is 10.0 Å². The van der Waals surface area contributed by atoms with E-state index in [2.05, 4.69) is 10.0 Å². The van der Waals surface area contributed by atoms with Crippen LogP contribution in [0.1, 0.15) is 30.1 Å². The van der Waals surface area contributed by atoms with E-state index >= 15 is 0 Å². The number of rotatable bonds is 7. The molecule has 1 saturated carbocycles. The first-order valence-corrected chi connectivity index (χ1v) is 8.46. The molecule has 0 aromatic heterocycles. The second kappa shape index (κ2) is 6.26. The highest BCUT2D eigenvalue weighted by molar-refractivity contribution is 7.89. The molecule has 0 aliphatic heterocycles. The molecule has 1 aromatic rings. The minimum Gasteiger partial charge on any atom is -0.479 e. The maximum atomic E-state index is 12.1. The fourth-order valence-corrected chi connectivity index (χ4v) is 3.07. The van der Waals surface area contributed by atoms with Gasteiger partial charge in [-0.1, -0.05) is 6.07 Å². The molecule has 126 valence electrons. The monoisotopic (exact) mass is 342 g/mol. The van der Waals surface area contributed by atoms with Gasteiger partial charge in [0.15, 0.2) is 5.60 Å². The third kappa shape index (κ3) is 4.50. The molecule has 1 fully saturated rings. The normalized spacial score (nSPS) is 17.3. The van der Waals surface area contributed by atoms with Crippen molar-refractivity contribution >= 4 is 21.9 Å². The van der Waals surface area contributed by atoms with Crippen molar-refractivity contribution in [2.45, 2.75) is 36.3 Å². The lowest BCUT2D eigenvalue weighted by Crippen LogP contribution is -2.46. The SMILES string of the molecule is CC(O)(CNC(=O)c1cccc(S(=O)(=O)NC2CC2)c1)C(=O)O. The molecule has 2 rings (SSSR count). The summed E-state index contributed by atoms with van der Waals surface area (Å²) in [5.74, 6) is -2.14. The number of carboxylic acid groups (broad SMARTS) is 1. The zero-order chi connectivity index (χ0) is 17.3. The van der Waals surface area contributed by atoms with E-state index in [1.165, 1.54) is 24.3 Å². The molecular formula is C14H18N2O6S. The number of aliphatic hydroxyl groups is 1. The van der Waals surface area contributed by atoms with Gasteiger partial charge in [0, 0.05) is 11.6 Å². The number of sulfonamides is 1. The highest BCUT2D eigenvalue weighted by Crippen LogP contribution is 2.22. The van der Waals surface area contributed by atoms with Gasteiger partial charge in [0.05, 0.1) is 11.4 Å². The lowest BCUT2D eigenvalue weighted by atomic mass is 10.1. The van der Waals surface area contributed by atoms with Crippen LogP contribution >= 0.6 is 0 Å². The van der Waals surface area contributed by atoms with Gasteiger partial charge in [0.25, 0.3) is 5.91 Å². The first-order chi connectivity index (χ1) is 10.6. The van der Waals surface area contributed by atoms with E-state index in [0.29, 0.717) is 0 Å². The number of carbonyl (C=O) groups excluding carboxylic acids is 1. The highest BCUT2D eigenvalue weighted by atomic mass is 32.2. The fraction of sp³-hybridized carbons (Fsp3) is 0.429. The van der Waals surface area contributed by atoms with Crippen LogP contribution in [-0.4, -0.2) is 48.7 Å². The molecule has 1 aliphatic carbocycles. The summed E-state index contributed by atoms with van der Waals surface area (Å²) in [5.41, 5.74) is -2.04. The van der Waals surface area contributed by atoms with Crippen molar-refractivity contribution in [2.75, 3.05) is 6.54 Å². The van der Waals surface area contributed by atoms with Gasteiger partial charge in [-0.15, -0.1) is 0 Å². The van der Waals surface area contributed by atoms with Crippen molar-refractivity contribution in [2.24, 2.45) is 0 Å². The van der Waals surface area contributed by atoms with E-state index in [-0.39, 0.29) is 16.5 Å². The number of benzene rings is 1. The third-order valence-corrected chi connectivity index (χ3v) is 4.88. The van der Waals surface area contributed by atoms with Crippen molar-refractivity contribution in [3.63, 3.8) is 0 Å². The summed E-state index contributed by atoms with van der Waals surface area (Å²) in [6.45, 7) is 0.550. The van der Waals surface area contributed by atoms with Crippen molar-refractivity contribution in [1.82, 2.24) is 10.0 Å². The molecule has 9 heteroatoms. The van der Waals surface area contributed by atoms with Crippen LogP contribution in [0.5, 0.6) is 0 Å². The standard InChI is InChI=1S/C14H18N2O6S/c1-14(20,13(18)19)8-15-12(17)9-3-2-4-11(7-9)23(21,22)16-10-5-6-10/h2-4,7,10,16,20H,5-6,8H2,1H3,(H,15,17)(H,18,19). The number of nitrogens with one attached hydrogen (secondary N) is 2. The molecule has 0 saturated heterocycles. The Kier molecular flexibility index (Phi) is 4.73. The molecule has 1 atom stereocenters. The van der Waals surface area contributed by atoms with Gasteiger partial charge in [0.2, 0.25) is 10.0 Å². The second-order valence-electron chi connectivity index (χ2n) is 5.69.